The molecule has 0 fully saturated rings. The molecule has 5 heteroatoms. The summed E-state index contributed by atoms with van der Waals surface area (Å²) in [6.45, 7) is 3.86. The molecule has 154 valence electrons. The Bertz CT molecular complexity index is 1250. The molecule has 30 heavy (non-hydrogen) atoms. The predicted octanol–water partition coefficient (Wildman–Crippen LogP) is 4.99. The third kappa shape index (κ3) is 4.02. The van der Waals surface area contributed by atoms with Gasteiger partial charge in [0.05, 0.1) is 13.7 Å². The van der Waals surface area contributed by atoms with E-state index < -0.39 is 0 Å². The maximum Gasteiger partial charge on any atom is 0.336 e. The zero-order valence-corrected chi connectivity index (χ0v) is 17.5. The van der Waals surface area contributed by atoms with Crippen LogP contribution in [0.4, 0.5) is 0 Å². The Kier molecular flexibility index (Phi) is 5.72. The van der Waals surface area contributed by atoms with Crippen molar-refractivity contribution in [1.29, 1.82) is 0 Å². The lowest BCUT2D eigenvalue weighted by molar-refractivity contribution is 0.305. The molecule has 0 aliphatic heterocycles. The zero-order chi connectivity index (χ0) is 21.1. The van der Waals surface area contributed by atoms with Crippen LogP contribution >= 0.6 is 0 Å². The standard InChI is InChI=1S/C25H25NO4/c1-4-29-21-11-9-17(13-23(21)28-3)15-26(2)16-19-14-24(27)30-22-12-10-18-7-5-6-8-20(18)25(19)22/h5-14H,4,15-16H2,1-3H3. The fourth-order valence-corrected chi connectivity index (χ4v) is 3.89. The molecular formula is C25H25NO4. The first-order chi connectivity index (χ1) is 14.6. The summed E-state index contributed by atoms with van der Waals surface area (Å²) in [6.07, 6.45) is 0. The molecule has 1 aromatic heterocycles. The second-order valence-corrected chi connectivity index (χ2v) is 7.34. The number of methoxy groups -OCH3 is 1. The van der Waals surface area contributed by atoms with Gasteiger partial charge in [0.1, 0.15) is 5.58 Å². The Hall–Kier alpha value is -3.31. The summed E-state index contributed by atoms with van der Waals surface area (Å²) < 4.78 is 16.5. The van der Waals surface area contributed by atoms with Crippen LogP contribution in [0.1, 0.15) is 18.1 Å². The van der Waals surface area contributed by atoms with Crippen molar-refractivity contribution in [2.45, 2.75) is 20.0 Å². The maximum atomic E-state index is 12.1. The van der Waals surface area contributed by atoms with Crippen molar-refractivity contribution in [3.05, 3.63) is 82.2 Å². The van der Waals surface area contributed by atoms with E-state index in [1.165, 1.54) is 0 Å². The van der Waals surface area contributed by atoms with Gasteiger partial charge in [0.2, 0.25) is 0 Å². The Balaban J connectivity index is 1.66. The van der Waals surface area contributed by atoms with E-state index in [-0.39, 0.29) is 5.63 Å². The van der Waals surface area contributed by atoms with Crippen molar-refractivity contribution in [3.8, 4) is 11.5 Å². The summed E-state index contributed by atoms with van der Waals surface area (Å²) in [4.78, 5) is 14.3. The predicted molar refractivity (Wildman–Crippen MR) is 119 cm³/mol. The van der Waals surface area contributed by atoms with Crippen molar-refractivity contribution < 1.29 is 13.9 Å². The van der Waals surface area contributed by atoms with E-state index in [1.807, 2.05) is 56.4 Å². The van der Waals surface area contributed by atoms with Crippen molar-refractivity contribution in [1.82, 2.24) is 4.90 Å². The Labute approximate surface area is 175 Å². The van der Waals surface area contributed by atoms with Crippen molar-refractivity contribution in [2.75, 3.05) is 20.8 Å². The normalized spacial score (nSPS) is 11.3. The van der Waals surface area contributed by atoms with Gasteiger partial charge in [0.15, 0.2) is 11.5 Å². The van der Waals surface area contributed by atoms with Gasteiger partial charge in [-0.05, 0) is 54.1 Å². The van der Waals surface area contributed by atoms with Gasteiger partial charge in [0, 0.05) is 24.5 Å². The highest BCUT2D eigenvalue weighted by molar-refractivity contribution is 6.07. The molecule has 4 aromatic rings. The highest BCUT2D eigenvalue weighted by Crippen LogP contribution is 2.30. The Morgan fingerprint density at radius 3 is 2.60 bits per heavy atom. The number of nitrogens with zero attached hydrogens (tertiary/aromatic N) is 1. The largest absolute Gasteiger partial charge is 0.493 e. The summed E-state index contributed by atoms with van der Waals surface area (Å²) in [6, 6.07) is 19.6. The van der Waals surface area contributed by atoms with E-state index in [9.17, 15) is 4.79 Å². The summed E-state index contributed by atoms with van der Waals surface area (Å²) in [5.74, 6) is 1.46. The molecule has 0 radical (unpaired) electrons. The molecule has 3 aromatic carbocycles. The lowest BCUT2D eigenvalue weighted by atomic mass is 10.0. The molecule has 0 N–H and O–H groups in total. The average Bonchev–Trinajstić information content (AvgIpc) is 2.74. The van der Waals surface area contributed by atoms with Crippen LogP contribution in [0.5, 0.6) is 11.5 Å². The number of hydrogen-bond acceptors (Lipinski definition) is 5. The first-order valence-electron chi connectivity index (χ1n) is 10.0. The molecular weight excluding hydrogens is 378 g/mol. The van der Waals surface area contributed by atoms with Crippen LogP contribution in [0.2, 0.25) is 0 Å². The molecule has 5 nitrogen and oxygen atoms in total. The molecule has 0 unspecified atom stereocenters. The molecule has 0 spiro atoms. The van der Waals surface area contributed by atoms with Gasteiger partial charge in [-0.2, -0.15) is 0 Å². The Morgan fingerprint density at radius 2 is 1.80 bits per heavy atom. The van der Waals surface area contributed by atoms with E-state index in [0.717, 1.165) is 38.8 Å². The number of ether oxygens (including phenoxy) is 2. The Morgan fingerprint density at radius 1 is 0.967 bits per heavy atom. The minimum atomic E-state index is -0.330. The second-order valence-electron chi connectivity index (χ2n) is 7.34. The SMILES string of the molecule is CCOc1ccc(CN(C)Cc2cc(=O)oc3ccc4ccccc4c23)cc1OC. The quantitative estimate of drug-likeness (QED) is 0.322. The third-order valence-electron chi connectivity index (χ3n) is 5.14. The number of benzene rings is 3. The summed E-state index contributed by atoms with van der Waals surface area (Å²) in [7, 11) is 3.68. The topological polar surface area (TPSA) is 51.9 Å². The van der Waals surface area contributed by atoms with Crippen LogP contribution in [0, 0.1) is 0 Å². The van der Waals surface area contributed by atoms with Gasteiger partial charge in [-0.15, -0.1) is 0 Å². The van der Waals surface area contributed by atoms with Gasteiger partial charge < -0.3 is 13.9 Å². The van der Waals surface area contributed by atoms with Crippen LogP contribution < -0.4 is 15.1 Å². The lowest BCUT2D eigenvalue weighted by Crippen LogP contribution is -2.18. The van der Waals surface area contributed by atoms with Crippen LogP contribution in [0.25, 0.3) is 21.7 Å². The number of fused-ring (bicyclic) bond motifs is 3. The summed E-state index contributed by atoms with van der Waals surface area (Å²) >= 11 is 0. The monoisotopic (exact) mass is 403 g/mol. The molecule has 0 amide bonds. The highest BCUT2D eigenvalue weighted by atomic mass is 16.5. The summed E-state index contributed by atoms with van der Waals surface area (Å²) in [5, 5.41) is 3.20. The van der Waals surface area contributed by atoms with Crippen LogP contribution in [-0.2, 0) is 13.1 Å². The van der Waals surface area contributed by atoms with E-state index in [2.05, 4.69) is 17.0 Å². The minimum absolute atomic E-state index is 0.330. The van der Waals surface area contributed by atoms with Gasteiger partial charge in [-0.25, -0.2) is 4.79 Å². The van der Waals surface area contributed by atoms with Crippen LogP contribution in [0.3, 0.4) is 0 Å². The van der Waals surface area contributed by atoms with Gasteiger partial charge in [-0.3, -0.25) is 4.90 Å². The smallest absolute Gasteiger partial charge is 0.336 e. The zero-order valence-electron chi connectivity index (χ0n) is 17.5. The van der Waals surface area contributed by atoms with E-state index in [4.69, 9.17) is 13.9 Å². The molecule has 0 saturated heterocycles. The average molecular weight is 403 g/mol. The third-order valence-corrected chi connectivity index (χ3v) is 5.14. The fourth-order valence-electron chi connectivity index (χ4n) is 3.89. The fraction of sp³-hybridized carbons (Fsp3) is 0.240. The molecule has 0 atom stereocenters. The molecule has 0 bridgehead atoms. The number of rotatable bonds is 7. The molecule has 0 aliphatic carbocycles. The van der Waals surface area contributed by atoms with Crippen molar-refractivity contribution in [3.63, 3.8) is 0 Å². The number of hydrogen-bond donors (Lipinski definition) is 0. The van der Waals surface area contributed by atoms with Crippen molar-refractivity contribution >= 4 is 21.7 Å². The molecule has 0 saturated carbocycles. The maximum absolute atomic E-state index is 12.1. The van der Waals surface area contributed by atoms with Gasteiger partial charge >= 0.3 is 5.63 Å². The van der Waals surface area contributed by atoms with Gasteiger partial charge in [0.25, 0.3) is 0 Å². The molecule has 0 aliphatic rings. The lowest BCUT2D eigenvalue weighted by Gasteiger charge is -2.19. The van der Waals surface area contributed by atoms with Crippen LogP contribution in [0.15, 0.2) is 69.9 Å². The van der Waals surface area contributed by atoms with Crippen LogP contribution in [-0.4, -0.2) is 25.7 Å². The van der Waals surface area contributed by atoms with E-state index in [1.54, 1.807) is 13.2 Å². The molecule has 4 rings (SSSR count). The second kappa shape index (κ2) is 8.59. The first-order valence-corrected chi connectivity index (χ1v) is 10.0. The van der Waals surface area contributed by atoms with Crippen molar-refractivity contribution in [2.24, 2.45) is 0 Å². The highest BCUT2D eigenvalue weighted by Gasteiger charge is 2.13. The minimum Gasteiger partial charge on any atom is -0.493 e. The van der Waals surface area contributed by atoms with E-state index >= 15 is 0 Å². The van der Waals surface area contributed by atoms with Gasteiger partial charge in [-0.1, -0.05) is 36.4 Å². The first kappa shape index (κ1) is 20.0. The summed E-state index contributed by atoms with van der Waals surface area (Å²) in [5.41, 5.74) is 2.35. The molecule has 1 heterocycles. The van der Waals surface area contributed by atoms with E-state index in [0.29, 0.717) is 25.3 Å².